The van der Waals surface area contributed by atoms with Crippen LogP contribution < -0.4 is 41.8 Å². The van der Waals surface area contributed by atoms with Gasteiger partial charge in [-0.25, -0.2) is 28.7 Å². The third-order valence-electron chi connectivity index (χ3n) is 9.86. The van der Waals surface area contributed by atoms with Crippen LogP contribution in [0.5, 0.6) is 11.5 Å². The number of ether oxygens (including phenoxy) is 2. The Morgan fingerprint density at radius 2 is 1.16 bits per heavy atom. The van der Waals surface area contributed by atoms with E-state index in [-0.39, 0.29) is 45.1 Å². The van der Waals surface area contributed by atoms with E-state index in [2.05, 4.69) is 46.1 Å². The lowest BCUT2D eigenvalue weighted by atomic mass is 10.1. The molecule has 0 saturated heterocycles. The Bertz CT molecular complexity index is 3340. The predicted octanol–water partition coefficient (Wildman–Crippen LogP) is 8.54. The highest BCUT2D eigenvalue weighted by atomic mass is 35.5. The molecule has 6 aromatic heterocycles. The third kappa shape index (κ3) is 12.4. The van der Waals surface area contributed by atoms with Crippen molar-refractivity contribution in [2.24, 2.45) is 14.1 Å². The SMILES string of the molecule is Cc1cnc(N)cc1F.[2H]C([2H])([2H])NC(=O)c1cnc(Cl)cc1Nc1cccc(-c2cnn(C)c2)c1OC.[2H]C([2H])([2H])NC(=O)c1cnc(Nc2cc(C)c(F)cn2)cc1Nc1cccc(-c2cnn(C)c2)c1OC. The van der Waals surface area contributed by atoms with Gasteiger partial charge in [0.15, 0.2) is 0 Å². The smallest absolute Gasteiger partial charge is 0.254 e. The number of aryl methyl sites for hydroxylation is 4. The number of rotatable bonds is 12. The molecule has 18 nitrogen and oxygen atoms in total. The molecule has 2 aromatic carbocycles. The maximum absolute atomic E-state index is 13.6. The second kappa shape index (κ2) is 22.7. The highest BCUT2D eigenvalue weighted by Gasteiger charge is 2.19. The van der Waals surface area contributed by atoms with Crippen molar-refractivity contribution in [1.82, 2.24) is 50.1 Å². The summed E-state index contributed by atoms with van der Waals surface area (Å²) in [7, 11) is 6.66. The van der Waals surface area contributed by atoms with Gasteiger partial charge in [-0.15, -0.1) is 0 Å². The van der Waals surface area contributed by atoms with Crippen molar-refractivity contribution in [3.63, 3.8) is 0 Å². The molecule has 21 heteroatoms. The fraction of sp³-hybridized carbons (Fsp3) is 0.167. The van der Waals surface area contributed by atoms with Crippen LogP contribution in [0.15, 0.2) is 110 Å². The van der Waals surface area contributed by atoms with E-state index in [1.54, 1.807) is 60.9 Å². The van der Waals surface area contributed by atoms with E-state index >= 15 is 0 Å². The minimum Gasteiger partial charge on any atom is -0.494 e. The first-order valence-electron chi connectivity index (χ1n) is 23.3. The Morgan fingerprint density at radius 3 is 1.64 bits per heavy atom. The number of anilines is 7. The number of benzene rings is 2. The number of halogens is 3. The van der Waals surface area contributed by atoms with Gasteiger partial charge in [0.05, 0.1) is 66.7 Å². The lowest BCUT2D eigenvalue weighted by Gasteiger charge is -2.17. The van der Waals surface area contributed by atoms with Crippen LogP contribution in [0.2, 0.25) is 5.15 Å². The standard InChI is InChI=1S/C24H24FN7O2.C18H18ClN5O2.C6H7FN2/c1-14-8-21(28-12-18(14)25)31-22-9-20(17(11-27-22)24(33)26-2)30-19-7-5-6-16(23(19)34-4)15-10-29-32(3)13-15;1-20-18(25)13-9-21-16(19)7-15(13)23-14-6-4-5-12(17(14)26-3)11-8-22-24(2)10-11;1-4-3-9-6(8)2-5(4)7/h5-13H,1-4H3,(H,26,33)(H2,27,28,30,31);4-10H,1-3H3,(H,20,25)(H,21,23);2-3H,1H3,(H2,8,9)/i2D3;1D3;. The summed E-state index contributed by atoms with van der Waals surface area (Å²) < 4.78 is 84.6. The van der Waals surface area contributed by atoms with Crippen molar-refractivity contribution in [1.29, 1.82) is 0 Å². The summed E-state index contributed by atoms with van der Waals surface area (Å²) in [5, 5.41) is 21.7. The molecule has 0 aliphatic carbocycles. The van der Waals surface area contributed by atoms with Gasteiger partial charge in [0, 0.05) is 107 Å². The van der Waals surface area contributed by atoms with Gasteiger partial charge >= 0.3 is 0 Å². The van der Waals surface area contributed by atoms with Gasteiger partial charge in [-0.2, -0.15) is 10.2 Å². The number of hydrogen-bond donors (Lipinski definition) is 6. The highest BCUT2D eigenvalue weighted by molar-refractivity contribution is 6.29. The molecule has 2 amide bonds. The molecule has 0 radical (unpaired) electrons. The van der Waals surface area contributed by atoms with Crippen molar-refractivity contribution in [3.8, 4) is 33.8 Å². The average molecular weight is 965 g/mol. The van der Waals surface area contributed by atoms with Gasteiger partial charge in [-0.3, -0.25) is 19.0 Å². The van der Waals surface area contributed by atoms with E-state index in [0.29, 0.717) is 39.8 Å². The third-order valence-corrected chi connectivity index (χ3v) is 10.1. The molecule has 0 atom stereocenters. The van der Waals surface area contributed by atoms with Crippen LogP contribution in [-0.4, -0.2) is 79.5 Å². The molecule has 6 heterocycles. The molecule has 8 rings (SSSR count). The Balaban J connectivity index is 0.000000213. The molecule has 0 unspecified atom stereocenters. The quantitative estimate of drug-likeness (QED) is 0.0631. The van der Waals surface area contributed by atoms with Crippen LogP contribution in [0.25, 0.3) is 22.3 Å². The number of pyridine rings is 4. The number of nitrogens with one attached hydrogen (secondary N) is 5. The largest absolute Gasteiger partial charge is 0.494 e. The zero-order chi connectivity index (χ0) is 54.8. The number of carbonyl (C=O) groups excluding carboxylic acids is 2. The van der Waals surface area contributed by atoms with Gasteiger partial charge in [0.2, 0.25) is 0 Å². The second-order valence-corrected chi connectivity index (χ2v) is 15.1. The van der Waals surface area contributed by atoms with Crippen LogP contribution in [-0.2, 0) is 14.1 Å². The average Bonchev–Trinajstić information content (AvgIpc) is 3.98. The van der Waals surface area contributed by atoms with E-state index in [1.807, 2.05) is 48.3 Å². The number of carbonyl (C=O) groups is 2. The molecule has 69 heavy (non-hydrogen) atoms. The molecule has 0 spiro atoms. The Labute approximate surface area is 409 Å². The zero-order valence-corrected chi connectivity index (χ0v) is 38.6. The molecule has 8 aromatic rings. The lowest BCUT2D eigenvalue weighted by molar-refractivity contribution is 0.0955. The van der Waals surface area contributed by atoms with Gasteiger partial charge in [0.25, 0.3) is 11.8 Å². The molecule has 0 bridgehead atoms. The maximum atomic E-state index is 13.6. The number of nitrogen functional groups attached to an aromatic ring is 1. The topological polar surface area (TPSA) is 226 Å². The normalized spacial score (nSPS) is 12.1. The second-order valence-electron chi connectivity index (χ2n) is 14.7. The first kappa shape index (κ1) is 41.8. The maximum Gasteiger partial charge on any atom is 0.254 e. The minimum absolute atomic E-state index is 0.0150. The summed E-state index contributed by atoms with van der Waals surface area (Å²) in [5.74, 6) is -0.546. The van der Waals surface area contributed by atoms with E-state index in [0.717, 1.165) is 28.5 Å². The summed E-state index contributed by atoms with van der Waals surface area (Å²) >= 11 is 5.99. The number of para-hydroxylation sites is 2. The molecular weight excluding hydrogens is 910 g/mol. The van der Waals surface area contributed by atoms with Crippen molar-refractivity contribution in [2.45, 2.75) is 13.8 Å². The number of aromatic nitrogens is 8. The zero-order valence-electron chi connectivity index (χ0n) is 43.8. The Morgan fingerprint density at radius 1 is 0.638 bits per heavy atom. The summed E-state index contributed by atoms with van der Waals surface area (Å²) in [4.78, 5) is 41.0. The Hall–Kier alpha value is -8.65. The van der Waals surface area contributed by atoms with Crippen LogP contribution in [0.4, 0.5) is 49.0 Å². The van der Waals surface area contributed by atoms with E-state index < -0.39 is 31.6 Å². The predicted molar refractivity (Wildman–Crippen MR) is 263 cm³/mol. The minimum atomic E-state index is -2.70. The summed E-state index contributed by atoms with van der Waals surface area (Å²) in [6.45, 7) is -2.08. The van der Waals surface area contributed by atoms with Crippen molar-refractivity contribution in [3.05, 3.63) is 149 Å². The number of amides is 2. The van der Waals surface area contributed by atoms with Crippen molar-refractivity contribution >= 4 is 63.6 Å². The summed E-state index contributed by atoms with van der Waals surface area (Å²) in [5.41, 5.74) is 10.9. The molecule has 0 saturated carbocycles. The molecular formula is C48H49ClF2N14O4. The van der Waals surface area contributed by atoms with Gasteiger partial charge < -0.3 is 41.8 Å². The van der Waals surface area contributed by atoms with Crippen LogP contribution in [0.1, 0.15) is 40.1 Å². The summed E-state index contributed by atoms with van der Waals surface area (Å²) in [6, 6.07) is 16.6. The van der Waals surface area contributed by atoms with Crippen LogP contribution in [0.3, 0.4) is 0 Å². The van der Waals surface area contributed by atoms with Crippen LogP contribution in [0, 0.1) is 25.5 Å². The van der Waals surface area contributed by atoms with E-state index in [9.17, 15) is 18.4 Å². The number of nitrogens with zero attached hydrogens (tertiary/aromatic N) is 8. The first-order valence-corrected chi connectivity index (χ1v) is 20.7. The monoisotopic (exact) mass is 964 g/mol. The number of hydrogen-bond acceptors (Lipinski definition) is 14. The van der Waals surface area contributed by atoms with E-state index in [4.69, 9.17) is 35.0 Å². The van der Waals surface area contributed by atoms with Crippen molar-refractivity contribution < 1.29 is 36.1 Å². The van der Waals surface area contributed by atoms with Gasteiger partial charge in [-0.05, 0) is 43.7 Å². The number of nitrogens with two attached hydrogens (primary N) is 1. The van der Waals surface area contributed by atoms with Gasteiger partial charge in [0.1, 0.15) is 45.7 Å². The lowest BCUT2D eigenvalue weighted by Crippen LogP contribution is -2.19. The Kier molecular flexibility index (Phi) is 13.7. The fourth-order valence-electron chi connectivity index (χ4n) is 6.49. The first-order chi connectivity index (χ1) is 35.4. The number of methoxy groups -OCH3 is 2. The van der Waals surface area contributed by atoms with E-state index in [1.165, 1.54) is 57.1 Å². The van der Waals surface area contributed by atoms with Gasteiger partial charge in [-0.1, -0.05) is 35.9 Å². The molecule has 0 fully saturated rings. The van der Waals surface area contributed by atoms with Crippen molar-refractivity contribution in [2.75, 3.05) is 49.9 Å². The highest BCUT2D eigenvalue weighted by Crippen LogP contribution is 2.40. The molecule has 0 aliphatic rings. The summed E-state index contributed by atoms with van der Waals surface area (Å²) in [6.07, 6.45) is 12.0. The molecule has 7 N–H and O–H groups in total. The van der Waals surface area contributed by atoms with Crippen LogP contribution >= 0.6 is 11.6 Å². The molecule has 0 aliphatic heterocycles. The fourth-order valence-corrected chi connectivity index (χ4v) is 6.64. The molecule has 356 valence electrons.